The van der Waals surface area contributed by atoms with Crippen molar-refractivity contribution >= 4 is 12.0 Å². The molecule has 0 unspecified atom stereocenters. The average Bonchev–Trinajstić information content (AvgIpc) is 2.82. The van der Waals surface area contributed by atoms with Crippen LogP contribution in [0.1, 0.15) is 30.9 Å². The Morgan fingerprint density at radius 3 is 2.58 bits per heavy atom. The van der Waals surface area contributed by atoms with Gasteiger partial charge in [-0.2, -0.15) is 0 Å². The van der Waals surface area contributed by atoms with Gasteiger partial charge < -0.3 is 24.8 Å². The van der Waals surface area contributed by atoms with Gasteiger partial charge in [-0.05, 0) is 43.0 Å². The smallest absolute Gasteiger partial charge is 0.194 e. The van der Waals surface area contributed by atoms with E-state index in [4.69, 9.17) is 19.6 Å². The fraction of sp³-hybridized carbons (Fsp3) is 0.400. The molecule has 1 fully saturated rings. The van der Waals surface area contributed by atoms with Crippen molar-refractivity contribution in [1.29, 1.82) is 0 Å². The molecule has 2 aromatic carbocycles. The van der Waals surface area contributed by atoms with Crippen LogP contribution in [0, 0.1) is 0 Å². The van der Waals surface area contributed by atoms with E-state index in [2.05, 4.69) is 53.5 Å². The van der Waals surface area contributed by atoms with Crippen LogP contribution < -0.4 is 14.8 Å². The van der Waals surface area contributed by atoms with E-state index in [9.17, 15) is 0 Å². The number of guanidine groups is 1. The second-order valence-corrected chi connectivity index (χ2v) is 7.43. The molecule has 0 spiro atoms. The molecule has 2 N–H and O–H groups in total. The third-order valence-electron chi connectivity index (χ3n) is 5.20. The van der Waals surface area contributed by atoms with Gasteiger partial charge in [-0.1, -0.05) is 48.0 Å². The lowest BCUT2D eigenvalue weighted by Gasteiger charge is -2.31. The highest BCUT2D eigenvalue weighted by Crippen LogP contribution is 2.28. The van der Waals surface area contributed by atoms with Gasteiger partial charge >= 0.3 is 0 Å². The van der Waals surface area contributed by atoms with Gasteiger partial charge in [-0.15, -0.1) is 0 Å². The van der Waals surface area contributed by atoms with E-state index in [-0.39, 0.29) is 13.2 Å². The van der Waals surface area contributed by atoms with E-state index in [1.807, 2.05) is 18.2 Å². The fourth-order valence-corrected chi connectivity index (χ4v) is 3.61. The fourth-order valence-electron chi connectivity index (χ4n) is 3.61. The molecule has 0 radical (unpaired) electrons. The predicted molar refractivity (Wildman–Crippen MR) is 126 cm³/mol. The maximum atomic E-state index is 8.96. The number of aliphatic hydroxyl groups excluding tert-OH is 1. The van der Waals surface area contributed by atoms with Crippen molar-refractivity contribution in [2.45, 2.75) is 26.3 Å². The van der Waals surface area contributed by atoms with E-state index in [1.165, 1.54) is 11.1 Å². The Bertz CT molecular complexity index is 871. The molecule has 6 heteroatoms. The van der Waals surface area contributed by atoms with Crippen LogP contribution in [0.5, 0.6) is 11.5 Å². The quantitative estimate of drug-likeness (QED) is 0.501. The van der Waals surface area contributed by atoms with Crippen LogP contribution in [0.4, 0.5) is 0 Å². The lowest BCUT2D eigenvalue weighted by Crippen LogP contribution is -2.44. The molecule has 1 aliphatic rings. The first-order valence-electron chi connectivity index (χ1n) is 10.9. The Balaban J connectivity index is 1.63. The van der Waals surface area contributed by atoms with Crippen LogP contribution in [-0.2, 0) is 6.54 Å². The van der Waals surface area contributed by atoms with Crippen LogP contribution in [-0.4, -0.2) is 55.9 Å². The zero-order valence-electron chi connectivity index (χ0n) is 18.5. The third kappa shape index (κ3) is 6.76. The molecule has 0 saturated carbocycles. The van der Waals surface area contributed by atoms with Crippen molar-refractivity contribution in [1.82, 2.24) is 10.2 Å². The zero-order chi connectivity index (χ0) is 21.9. The maximum absolute atomic E-state index is 8.96. The number of likely N-dealkylation sites (tertiary alicyclic amines) is 1. The number of ether oxygens (including phenoxy) is 2. The Morgan fingerprint density at radius 2 is 1.90 bits per heavy atom. The summed E-state index contributed by atoms with van der Waals surface area (Å²) in [5.74, 6) is 2.23. The minimum Gasteiger partial charge on any atom is -0.493 e. The molecule has 31 heavy (non-hydrogen) atoms. The van der Waals surface area contributed by atoms with Crippen LogP contribution in [0.15, 0.2) is 59.1 Å². The molecule has 0 bridgehead atoms. The SMILES string of the molecule is CCNC(=NCc1ccc(OCCO)c(OC)c1)N1CCC(=Cc2ccccc2)CC1. The van der Waals surface area contributed by atoms with Crippen LogP contribution >= 0.6 is 0 Å². The van der Waals surface area contributed by atoms with E-state index in [0.717, 1.165) is 44.0 Å². The third-order valence-corrected chi connectivity index (χ3v) is 5.20. The van der Waals surface area contributed by atoms with Gasteiger partial charge in [0.25, 0.3) is 0 Å². The number of hydrogen-bond acceptors (Lipinski definition) is 4. The topological polar surface area (TPSA) is 66.3 Å². The van der Waals surface area contributed by atoms with Gasteiger partial charge in [0, 0.05) is 19.6 Å². The van der Waals surface area contributed by atoms with Crippen molar-refractivity contribution in [3.8, 4) is 11.5 Å². The molecule has 3 rings (SSSR count). The van der Waals surface area contributed by atoms with Crippen LogP contribution in [0.2, 0.25) is 0 Å². The molecule has 0 aliphatic carbocycles. The maximum Gasteiger partial charge on any atom is 0.194 e. The minimum absolute atomic E-state index is 0.0284. The monoisotopic (exact) mass is 423 g/mol. The molecular weight excluding hydrogens is 390 g/mol. The molecule has 0 amide bonds. The van der Waals surface area contributed by atoms with Crippen molar-refractivity contribution in [2.24, 2.45) is 4.99 Å². The van der Waals surface area contributed by atoms with Gasteiger partial charge in [0.15, 0.2) is 17.5 Å². The van der Waals surface area contributed by atoms with Gasteiger partial charge in [0.2, 0.25) is 0 Å². The lowest BCUT2D eigenvalue weighted by molar-refractivity contribution is 0.196. The second kappa shape index (κ2) is 12.0. The van der Waals surface area contributed by atoms with E-state index in [0.29, 0.717) is 18.0 Å². The Kier molecular flexibility index (Phi) is 8.79. The normalized spacial score (nSPS) is 14.4. The summed E-state index contributed by atoms with van der Waals surface area (Å²) in [5, 5.41) is 12.4. The van der Waals surface area contributed by atoms with Crippen molar-refractivity contribution in [3.05, 3.63) is 65.2 Å². The summed E-state index contributed by atoms with van der Waals surface area (Å²) in [7, 11) is 1.62. The van der Waals surface area contributed by atoms with Crippen molar-refractivity contribution in [3.63, 3.8) is 0 Å². The summed E-state index contributed by atoms with van der Waals surface area (Å²) in [5.41, 5.74) is 3.80. The summed E-state index contributed by atoms with van der Waals surface area (Å²) in [6.07, 6.45) is 4.40. The molecule has 1 heterocycles. The Morgan fingerprint density at radius 1 is 1.13 bits per heavy atom. The molecular formula is C25H33N3O3. The number of nitrogens with zero attached hydrogens (tertiary/aromatic N) is 2. The summed E-state index contributed by atoms with van der Waals surface area (Å²) < 4.78 is 10.9. The van der Waals surface area contributed by atoms with Crippen LogP contribution in [0.3, 0.4) is 0 Å². The van der Waals surface area contributed by atoms with Gasteiger partial charge in [0.05, 0.1) is 20.3 Å². The van der Waals surface area contributed by atoms with Gasteiger partial charge in [-0.3, -0.25) is 0 Å². The first-order valence-corrected chi connectivity index (χ1v) is 10.9. The van der Waals surface area contributed by atoms with Crippen molar-refractivity contribution in [2.75, 3.05) is 40.0 Å². The number of nitrogens with one attached hydrogen (secondary N) is 1. The first-order chi connectivity index (χ1) is 15.2. The number of rotatable bonds is 8. The number of piperidine rings is 1. The second-order valence-electron chi connectivity index (χ2n) is 7.43. The highest BCUT2D eigenvalue weighted by Gasteiger charge is 2.17. The molecule has 1 saturated heterocycles. The summed E-state index contributed by atoms with van der Waals surface area (Å²) >= 11 is 0. The minimum atomic E-state index is -0.0284. The molecule has 1 aliphatic heterocycles. The average molecular weight is 424 g/mol. The van der Waals surface area contributed by atoms with E-state index < -0.39 is 0 Å². The first kappa shape index (κ1) is 22.7. The Hall–Kier alpha value is -2.99. The van der Waals surface area contributed by atoms with Crippen LogP contribution in [0.25, 0.3) is 6.08 Å². The van der Waals surface area contributed by atoms with Crippen molar-refractivity contribution < 1.29 is 14.6 Å². The number of hydrogen-bond donors (Lipinski definition) is 2. The zero-order valence-corrected chi connectivity index (χ0v) is 18.5. The lowest BCUT2D eigenvalue weighted by atomic mass is 10.0. The van der Waals surface area contributed by atoms with Gasteiger partial charge in [0.1, 0.15) is 6.61 Å². The highest BCUT2D eigenvalue weighted by molar-refractivity contribution is 5.80. The number of aliphatic hydroxyl groups is 1. The predicted octanol–water partition coefficient (Wildman–Crippen LogP) is 3.71. The molecule has 2 aromatic rings. The summed E-state index contributed by atoms with van der Waals surface area (Å²) in [4.78, 5) is 7.19. The number of methoxy groups -OCH3 is 1. The highest BCUT2D eigenvalue weighted by atomic mass is 16.5. The molecule has 0 aromatic heterocycles. The number of benzene rings is 2. The molecule has 166 valence electrons. The van der Waals surface area contributed by atoms with E-state index in [1.54, 1.807) is 7.11 Å². The van der Waals surface area contributed by atoms with E-state index >= 15 is 0 Å². The number of aliphatic imine (C=N–C) groups is 1. The largest absolute Gasteiger partial charge is 0.493 e. The van der Waals surface area contributed by atoms with Gasteiger partial charge in [-0.25, -0.2) is 4.99 Å². The Labute approximate surface area is 185 Å². The standard InChI is InChI=1S/C25H33N3O3/c1-3-26-25(27-19-22-9-10-23(31-16-15-29)24(18-22)30-2)28-13-11-21(12-14-28)17-20-7-5-4-6-8-20/h4-10,17-18,29H,3,11-16,19H2,1-2H3,(H,26,27). The summed E-state index contributed by atoms with van der Waals surface area (Å²) in [6, 6.07) is 16.3. The molecule has 6 nitrogen and oxygen atoms in total. The molecule has 0 atom stereocenters. The summed E-state index contributed by atoms with van der Waals surface area (Å²) in [6.45, 7) is 5.62.